The van der Waals surface area contributed by atoms with E-state index in [0.29, 0.717) is 25.6 Å². The largest absolute Gasteiger partial charge is 0.381 e. The number of hydrogen-bond donors (Lipinski definition) is 2. The molecule has 0 aromatic carbocycles. The van der Waals surface area contributed by atoms with Gasteiger partial charge in [-0.3, -0.25) is 14.7 Å². The van der Waals surface area contributed by atoms with Crippen molar-refractivity contribution in [1.82, 2.24) is 20.0 Å². The maximum Gasteiger partial charge on any atom is 0.274 e. The molecular weight excluding hydrogens is 294 g/mol. The predicted molar refractivity (Wildman–Crippen MR) is 79.9 cm³/mol. The molecule has 3 N–H and O–H groups in total. The number of hydrogen-bond acceptors (Lipinski definition) is 4. The van der Waals surface area contributed by atoms with Gasteiger partial charge in [-0.15, -0.1) is 0 Å². The smallest absolute Gasteiger partial charge is 0.274 e. The summed E-state index contributed by atoms with van der Waals surface area (Å²) >= 11 is 5.94. The minimum atomic E-state index is -0.523. The lowest BCUT2D eigenvalue weighted by Crippen LogP contribution is -2.58. The van der Waals surface area contributed by atoms with Gasteiger partial charge in [0.15, 0.2) is 5.82 Å². The van der Waals surface area contributed by atoms with Crippen molar-refractivity contribution in [1.29, 1.82) is 0 Å². The summed E-state index contributed by atoms with van der Waals surface area (Å²) in [4.78, 5) is 28.1. The van der Waals surface area contributed by atoms with Crippen LogP contribution in [-0.2, 0) is 4.79 Å². The van der Waals surface area contributed by atoms with Crippen molar-refractivity contribution in [2.24, 2.45) is 5.92 Å². The third-order valence-corrected chi connectivity index (χ3v) is 3.92. The second kappa shape index (κ2) is 5.93. The van der Waals surface area contributed by atoms with Gasteiger partial charge in [0.1, 0.15) is 16.8 Å². The number of carbonyl (C=O) groups excluding carboxylic acids is 2. The number of nitrogens with one attached hydrogen (secondary N) is 1. The molecule has 2 heterocycles. The molecule has 1 aromatic heterocycles. The Morgan fingerprint density at radius 3 is 2.71 bits per heavy atom. The first-order chi connectivity index (χ1) is 9.82. The molecule has 2 rings (SSSR count). The minimum absolute atomic E-state index is 0.0492. The maximum atomic E-state index is 12.5. The van der Waals surface area contributed by atoms with E-state index in [2.05, 4.69) is 24.0 Å². The van der Waals surface area contributed by atoms with Gasteiger partial charge in [0.25, 0.3) is 5.91 Å². The highest BCUT2D eigenvalue weighted by Gasteiger charge is 2.36. The van der Waals surface area contributed by atoms with Crippen molar-refractivity contribution in [3.8, 4) is 0 Å². The van der Waals surface area contributed by atoms with Gasteiger partial charge in [-0.2, -0.15) is 5.10 Å². The van der Waals surface area contributed by atoms with Crippen LogP contribution in [0.3, 0.4) is 0 Å². The average Bonchev–Trinajstić information content (AvgIpc) is 2.75. The summed E-state index contributed by atoms with van der Waals surface area (Å²) in [6.07, 6.45) is 0. The lowest BCUT2D eigenvalue weighted by atomic mass is 10.1. The Morgan fingerprint density at radius 2 is 2.19 bits per heavy atom. The van der Waals surface area contributed by atoms with E-state index in [4.69, 9.17) is 17.3 Å². The first kappa shape index (κ1) is 15.6. The SMILES string of the molecule is CC(C)CN1CCN(C(=O)c2[nH]nc(N)c2Cl)[C@@H](C)C1=O. The molecular formula is C13H20ClN5O2. The van der Waals surface area contributed by atoms with E-state index in [9.17, 15) is 9.59 Å². The monoisotopic (exact) mass is 313 g/mol. The molecule has 0 radical (unpaired) electrons. The number of H-pyrrole nitrogens is 1. The van der Waals surface area contributed by atoms with Crippen molar-refractivity contribution in [2.45, 2.75) is 26.8 Å². The fraction of sp³-hybridized carbons (Fsp3) is 0.615. The van der Waals surface area contributed by atoms with Crippen LogP contribution < -0.4 is 5.73 Å². The van der Waals surface area contributed by atoms with E-state index >= 15 is 0 Å². The van der Waals surface area contributed by atoms with Gasteiger partial charge in [-0.25, -0.2) is 0 Å². The maximum absolute atomic E-state index is 12.5. The molecule has 1 saturated heterocycles. The van der Waals surface area contributed by atoms with Crippen LogP contribution in [0.2, 0.25) is 5.02 Å². The first-order valence-corrected chi connectivity index (χ1v) is 7.29. The Hall–Kier alpha value is -1.76. The minimum Gasteiger partial charge on any atom is -0.381 e. The number of nitrogens with two attached hydrogens (primary N) is 1. The summed E-state index contributed by atoms with van der Waals surface area (Å²) in [5, 5.41) is 6.34. The van der Waals surface area contributed by atoms with Crippen molar-refractivity contribution in [2.75, 3.05) is 25.4 Å². The molecule has 1 aliphatic rings. The van der Waals surface area contributed by atoms with E-state index in [0.717, 1.165) is 0 Å². The summed E-state index contributed by atoms with van der Waals surface area (Å²) in [5.74, 6) is 0.0730. The van der Waals surface area contributed by atoms with E-state index < -0.39 is 6.04 Å². The fourth-order valence-electron chi connectivity index (χ4n) is 2.46. The molecule has 21 heavy (non-hydrogen) atoms. The second-order valence-electron chi connectivity index (χ2n) is 5.65. The van der Waals surface area contributed by atoms with Crippen LogP contribution in [0.4, 0.5) is 5.82 Å². The predicted octanol–water partition coefficient (Wildman–Crippen LogP) is 0.974. The molecule has 0 spiro atoms. The Labute approximate surface area is 128 Å². The van der Waals surface area contributed by atoms with Crippen molar-refractivity contribution >= 4 is 29.2 Å². The number of aromatic nitrogens is 2. The van der Waals surface area contributed by atoms with Gasteiger partial charge in [-0.05, 0) is 12.8 Å². The van der Waals surface area contributed by atoms with Gasteiger partial charge in [-0.1, -0.05) is 25.4 Å². The Balaban J connectivity index is 2.14. The first-order valence-electron chi connectivity index (χ1n) is 6.92. The molecule has 0 unspecified atom stereocenters. The highest BCUT2D eigenvalue weighted by Crippen LogP contribution is 2.23. The molecule has 116 valence electrons. The Bertz CT molecular complexity index is 557. The van der Waals surface area contributed by atoms with Crippen LogP contribution in [0.25, 0.3) is 0 Å². The molecule has 8 heteroatoms. The Morgan fingerprint density at radius 1 is 1.52 bits per heavy atom. The van der Waals surface area contributed by atoms with Crippen LogP contribution in [0.1, 0.15) is 31.3 Å². The molecule has 1 aromatic rings. The van der Waals surface area contributed by atoms with Crippen LogP contribution >= 0.6 is 11.6 Å². The highest BCUT2D eigenvalue weighted by molar-refractivity contribution is 6.35. The van der Waals surface area contributed by atoms with Gasteiger partial charge < -0.3 is 15.5 Å². The number of piperazine rings is 1. The van der Waals surface area contributed by atoms with Crippen LogP contribution in [0.5, 0.6) is 0 Å². The summed E-state index contributed by atoms with van der Waals surface area (Å²) in [6.45, 7) is 7.52. The van der Waals surface area contributed by atoms with E-state index in [1.807, 2.05) is 0 Å². The fourth-order valence-corrected chi connectivity index (χ4v) is 2.62. The summed E-state index contributed by atoms with van der Waals surface area (Å²) in [5.41, 5.74) is 5.66. The summed E-state index contributed by atoms with van der Waals surface area (Å²) in [6, 6.07) is -0.523. The molecule has 0 saturated carbocycles. The van der Waals surface area contributed by atoms with Gasteiger partial charge in [0, 0.05) is 19.6 Å². The number of aromatic amines is 1. The third-order valence-electron chi connectivity index (χ3n) is 3.54. The van der Waals surface area contributed by atoms with E-state index in [1.54, 1.807) is 11.8 Å². The zero-order chi connectivity index (χ0) is 15.7. The zero-order valence-electron chi connectivity index (χ0n) is 12.4. The standard InChI is InChI=1S/C13H20ClN5O2/c1-7(2)6-18-4-5-19(8(3)12(18)20)13(21)10-9(14)11(15)17-16-10/h7-8H,4-6H2,1-3H3,(H3,15,16,17)/t8-/m0/s1. The van der Waals surface area contributed by atoms with Gasteiger partial charge in [0.05, 0.1) is 0 Å². The number of anilines is 1. The van der Waals surface area contributed by atoms with E-state index in [-0.39, 0.29) is 28.3 Å². The normalized spacial score (nSPS) is 19.5. The van der Waals surface area contributed by atoms with Gasteiger partial charge >= 0.3 is 0 Å². The second-order valence-corrected chi connectivity index (χ2v) is 6.03. The summed E-state index contributed by atoms with van der Waals surface area (Å²) < 4.78 is 0. The van der Waals surface area contributed by atoms with Crippen molar-refractivity contribution < 1.29 is 9.59 Å². The topological polar surface area (TPSA) is 95.3 Å². The van der Waals surface area contributed by atoms with E-state index in [1.165, 1.54) is 4.90 Å². The van der Waals surface area contributed by atoms with Crippen molar-refractivity contribution in [3.63, 3.8) is 0 Å². The summed E-state index contributed by atoms with van der Waals surface area (Å²) in [7, 11) is 0. The quantitative estimate of drug-likeness (QED) is 0.869. The molecule has 0 aliphatic carbocycles. The molecule has 1 fully saturated rings. The zero-order valence-corrected chi connectivity index (χ0v) is 13.1. The molecule has 1 aliphatic heterocycles. The number of halogens is 1. The molecule has 2 amide bonds. The molecule has 1 atom stereocenters. The average molecular weight is 314 g/mol. The molecule has 0 bridgehead atoms. The third kappa shape index (κ3) is 2.97. The number of rotatable bonds is 3. The number of carbonyl (C=O) groups is 2. The highest BCUT2D eigenvalue weighted by atomic mass is 35.5. The Kier molecular flexibility index (Phi) is 4.41. The lowest BCUT2D eigenvalue weighted by molar-refractivity contribution is -0.140. The van der Waals surface area contributed by atoms with Crippen LogP contribution in [-0.4, -0.2) is 57.5 Å². The number of amides is 2. The molecule has 7 nitrogen and oxygen atoms in total. The van der Waals surface area contributed by atoms with Crippen molar-refractivity contribution in [3.05, 3.63) is 10.7 Å². The van der Waals surface area contributed by atoms with Crippen LogP contribution in [0.15, 0.2) is 0 Å². The lowest BCUT2D eigenvalue weighted by Gasteiger charge is -2.39. The number of nitrogen functional groups attached to an aromatic ring is 1. The number of nitrogens with zero attached hydrogens (tertiary/aromatic N) is 3. The van der Waals surface area contributed by atoms with Crippen LogP contribution in [0, 0.1) is 5.92 Å². The van der Waals surface area contributed by atoms with Gasteiger partial charge in [0.2, 0.25) is 5.91 Å².